The van der Waals surface area contributed by atoms with Gasteiger partial charge in [0.15, 0.2) is 0 Å². The first kappa shape index (κ1) is 29.7. The molecular formula is C34H39NO6. The van der Waals surface area contributed by atoms with Crippen molar-refractivity contribution in [2.24, 2.45) is 0 Å². The van der Waals surface area contributed by atoms with Gasteiger partial charge in [-0.15, -0.1) is 0 Å². The lowest BCUT2D eigenvalue weighted by Gasteiger charge is -2.26. The standard InChI is InChI=1S/C34H39NO6/c1-8-40-28-16-15-24(19-27(28)34(4,5)6)31(36)29-30(23-12-10-13-25(18-23)39-7)35(33(38)32(29)37)20-22-11-9-14-26(17-22)41-21(2)3/h9-19,21,30,36H,8,20H2,1-7H3/b31-29-. The van der Waals surface area contributed by atoms with Crippen LogP contribution < -0.4 is 14.2 Å². The summed E-state index contributed by atoms with van der Waals surface area (Å²) in [7, 11) is 1.56. The van der Waals surface area contributed by atoms with Crippen LogP contribution in [-0.2, 0) is 21.5 Å². The Kier molecular flexibility index (Phi) is 8.76. The lowest BCUT2D eigenvalue weighted by atomic mass is 9.84. The summed E-state index contributed by atoms with van der Waals surface area (Å²) in [4.78, 5) is 28.7. The van der Waals surface area contributed by atoms with Crippen molar-refractivity contribution in [2.45, 2.75) is 65.6 Å². The number of hydrogen-bond acceptors (Lipinski definition) is 6. The molecule has 1 aliphatic rings. The highest BCUT2D eigenvalue weighted by molar-refractivity contribution is 6.46. The number of aliphatic hydroxyl groups is 1. The van der Waals surface area contributed by atoms with E-state index in [0.717, 1.165) is 11.1 Å². The maximum Gasteiger partial charge on any atom is 0.295 e. The zero-order valence-electron chi connectivity index (χ0n) is 24.9. The first-order valence-electron chi connectivity index (χ1n) is 13.9. The highest BCUT2D eigenvalue weighted by Crippen LogP contribution is 2.42. The molecule has 1 aliphatic heterocycles. The monoisotopic (exact) mass is 557 g/mol. The molecule has 1 atom stereocenters. The van der Waals surface area contributed by atoms with E-state index in [1.807, 2.05) is 57.2 Å². The van der Waals surface area contributed by atoms with Crippen molar-refractivity contribution in [1.29, 1.82) is 0 Å². The molecule has 7 heteroatoms. The average molecular weight is 558 g/mol. The number of carbonyl (C=O) groups is 2. The van der Waals surface area contributed by atoms with Gasteiger partial charge in [0, 0.05) is 17.7 Å². The minimum atomic E-state index is -0.829. The molecule has 1 N–H and O–H groups in total. The summed E-state index contributed by atoms with van der Waals surface area (Å²) in [6.07, 6.45) is -0.0108. The normalized spacial score (nSPS) is 16.8. The maximum absolute atomic E-state index is 13.6. The highest BCUT2D eigenvalue weighted by Gasteiger charge is 2.46. The molecule has 3 aromatic rings. The summed E-state index contributed by atoms with van der Waals surface area (Å²) in [6, 6.07) is 19.2. The predicted molar refractivity (Wildman–Crippen MR) is 159 cm³/mol. The van der Waals surface area contributed by atoms with E-state index in [2.05, 4.69) is 20.8 Å². The van der Waals surface area contributed by atoms with Gasteiger partial charge in [-0.05, 0) is 79.8 Å². The molecule has 7 nitrogen and oxygen atoms in total. The number of hydrogen-bond donors (Lipinski definition) is 1. The van der Waals surface area contributed by atoms with Crippen molar-refractivity contribution >= 4 is 17.4 Å². The van der Waals surface area contributed by atoms with Crippen molar-refractivity contribution in [3.8, 4) is 17.2 Å². The van der Waals surface area contributed by atoms with E-state index in [0.29, 0.717) is 35.0 Å². The second kappa shape index (κ2) is 12.1. The summed E-state index contributed by atoms with van der Waals surface area (Å²) < 4.78 is 17.1. The predicted octanol–water partition coefficient (Wildman–Crippen LogP) is 6.80. The smallest absolute Gasteiger partial charge is 0.295 e. The van der Waals surface area contributed by atoms with Gasteiger partial charge in [0.2, 0.25) is 0 Å². The molecule has 0 aliphatic carbocycles. The molecule has 1 amide bonds. The van der Waals surface area contributed by atoms with Crippen molar-refractivity contribution in [1.82, 2.24) is 4.90 Å². The molecule has 3 aromatic carbocycles. The van der Waals surface area contributed by atoms with E-state index in [-0.39, 0.29) is 29.4 Å². The van der Waals surface area contributed by atoms with Gasteiger partial charge in [0.25, 0.3) is 11.7 Å². The molecule has 0 aromatic heterocycles. The van der Waals surface area contributed by atoms with Gasteiger partial charge >= 0.3 is 0 Å². The number of nitrogens with zero attached hydrogens (tertiary/aromatic N) is 1. The summed E-state index contributed by atoms with van der Waals surface area (Å²) >= 11 is 0. The van der Waals surface area contributed by atoms with Crippen LogP contribution in [0.2, 0.25) is 0 Å². The minimum Gasteiger partial charge on any atom is -0.507 e. The van der Waals surface area contributed by atoms with E-state index in [4.69, 9.17) is 14.2 Å². The van der Waals surface area contributed by atoms with Gasteiger partial charge < -0.3 is 24.2 Å². The van der Waals surface area contributed by atoms with Crippen LogP contribution >= 0.6 is 0 Å². The van der Waals surface area contributed by atoms with Gasteiger partial charge in [-0.3, -0.25) is 9.59 Å². The number of ketones is 1. The molecule has 0 radical (unpaired) electrons. The van der Waals surface area contributed by atoms with Crippen LogP contribution in [0.15, 0.2) is 72.3 Å². The van der Waals surface area contributed by atoms with E-state index in [9.17, 15) is 14.7 Å². The average Bonchev–Trinajstić information content (AvgIpc) is 3.17. The Morgan fingerprint density at radius 1 is 0.976 bits per heavy atom. The first-order valence-corrected chi connectivity index (χ1v) is 13.9. The van der Waals surface area contributed by atoms with E-state index in [1.165, 1.54) is 4.90 Å². The van der Waals surface area contributed by atoms with Crippen LogP contribution in [0.5, 0.6) is 17.2 Å². The lowest BCUT2D eigenvalue weighted by molar-refractivity contribution is -0.140. The Morgan fingerprint density at radius 3 is 2.34 bits per heavy atom. The Morgan fingerprint density at radius 2 is 1.68 bits per heavy atom. The van der Waals surface area contributed by atoms with E-state index < -0.39 is 17.7 Å². The second-order valence-corrected chi connectivity index (χ2v) is 11.4. The summed E-state index contributed by atoms with van der Waals surface area (Å²) in [5.74, 6) is 0.314. The molecule has 0 spiro atoms. The number of Topliss-reactive ketones (excluding diaryl/α,β-unsaturated/α-hetero) is 1. The summed E-state index contributed by atoms with van der Waals surface area (Å²) in [5, 5.41) is 11.7. The van der Waals surface area contributed by atoms with Gasteiger partial charge in [0.05, 0.1) is 31.4 Å². The van der Waals surface area contributed by atoms with E-state index >= 15 is 0 Å². The number of aliphatic hydroxyl groups excluding tert-OH is 1. The second-order valence-electron chi connectivity index (χ2n) is 11.4. The lowest BCUT2D eigenvalue weighted by Crippen LogP contribution is -2.29. The SMILES string of the molecule is CCOc1ccc(/C(O)=C2/C(=O)C(=O)N(Cc3cccc(OC(C)C)c3)C2c2cccc(OC)c2)cc1C(C)(C)C. The van der Waals surface area contributed by atoms with Crippen molar-refractivity contribution in [3.63, 3.8) is 0 Å². The van der Waals surface area contributed by atoms with Crippen LogP contribution in [0, 0.1) is 0 Å². The van der Waals surface area contributed by atoms with Crippen LogP contribution in [0.4, 0.5) is 0 Å². The number of rotatable bonds is 9. The van der Waals surface area contributed by atoms with Crippen molar-refractivity contribution < 1.29 is 28.9 Å². The van der Waals surface area contributed by atoms with Crippen LogP contribution in [0.25, 0.3) is 5.76 Å². The molecule has 1 saturated heterocycles. The fourth-order valence-electron chi connectivity index (χ4n) is 5.09. The zero-order valence-corrected chi connectivity index (χ0v) is 24.9. The van der Waals surface area contributed by atoms with Gasteiger partial charge in [-0.1, -0.05) is 45.0 Å². The molecule has 1 unspecified atom stereocenters. The molecule has 0 bridgehead atoms. The Balaban J connectivity index is 1.87. The van der Waals surface area contributed by atoms with E-state index in [1.54, 1.807) is 37.4 Å². The molecule has 1 fully saturated rings. The Hall–Kier alpha value is -4.26. The number of methoxy groups -OCH3 is 1. The van der Waals surface area contributed by atoms with Gasteiger partial charge in [0.1, 0.15) is 23.0 Å². The molecule has 0 saturated carbocycles. The minimum absolute atomic E-state index is 0.0108. The van der Waals surface area contributed by atoms with Crippen molar-refractivity contribution in [3.05, 3.63) is 94.6 Å². The van der Waals surface area contributed by atoms with Gasteiger partial charge in [-0.25, -0.2) is 0 Å². The summed E-state index contributed by atoms with van der Waals surface area (Å²) in [6.45, 7) is 12.6. The zero-order chi connectivity index (χ0) is 29.9. The number of amides is 1. The fourth-order valence-corrected chi connectivity index (χ4v) is 5.09. The maximum atomic E-state index is 13.6. The molecule has 1 heterocycles. The third-order valence-corrected chi connectivity index (χ3v) is 6.93. The van der Waals surface area contributed by atoms with Crippen LogP contribution in [0.1, 0.15) is 69.8 Å². The third-order valence-electron chi connectivity index (χ3n) is 6.93. The van der Waals surface area contributed by atoms with Gasteiger partial charge in [-0.2, -0.15) is 0 Å². The highest BCUT2D eigenvalue weighted by atomic mass is 16.5. The quantitative estimate of drug-likeness (QED) is 0.177. The first-order chi connectivity index (χ1) is 19.4. The molecular weight excluding hydrogens is 518 g/mol. The third kappa shape index (κ3) is 6.40. The molecule has 41 heavy (non-hydrogen) atoms. The van der Waals surface area contributed by atoms with Crippen molar-refractivity contribution in [2.75, 3.05) is 13.7 Å². The van der Waals surface area contributed by atoms with Crippen LogP contribution in [0.3, 0.4) is 0 Å². The molecule has 4 rings (SSSR count). The number of benzene rings is 3. The Bertz CT molecular complexity index is 1470. The Labute approximate surface area is 242 Å². The number of carbonyl (C=O) groups excluding carboxylic acids is 2. The molecule has 216 valence electrons. The topological polar surface area (TPSA) is 85.3 Å². The number of likely N-dealkylation sites (tertiary alicyclic amines) is 1. The van der Waals surface area contributed by atoms with Crippen LogP contribution in [-0.4, -0.2) is 41.5 Å². The largest absolute Gasteiger partial charge is 0.507 e. The number of ether oxygens (including phenoxy) is 3. The summed E-state index contributed by atoms with van der Waals surface area (Å²) in [5.41, 5.74) is 2.52. The fraction of sp³-hybridized carbons (Fsp3) is 0.353.